The molecule has 84 valence electrons. The zero-order valence-electron chi connectivity index (χ0n) is 9.05. The van der Waals surface area contributed by atoms with Crippen LogP contribution in [-0.2, 0) is 4.74 Å². The third-order valence-electron chi connectivity index (χ3n) is 2.15. The van der Waals surface area contributed by atoms with Gasteiger partial charge in [-0.3, -0.25) is 0 Å². The molecule has 0 aliphatic rings. The molecule has 0 aliphatic heterocycles. The van der Waals surface area contributed by atoms with Crippen LogP contribution in [0.15, 0.2) is 36.0 Å². The quantitative estimate of drug-likeness (QED) is 0.762. The number of hydrogen-bond donors (Lipinski definition) is 0. The molecule has 0 amide bonds. The lowest BCUT2D eigenvalue weighted by molar-refractivity contribution is 0.0511. The van der Waals surface area contributed by atoms with Crippen LogP contribution in [0.3, 0.4) is 0 Å². The van der Waals surface area contributed by atoms with Gasteiger partial charge < -0.3 is 9.30 Å². The van der Waals surface area contributed by atoms with Gasteiger partial charge in [0.25, 0.3) is 0 Å². The smallest absolute Gasteiger partial charge is 0.350 e. The van der Waals surface area contributed by atoms with E-state index < -0.39 is 0 Å². The van der Waals surface area contributed by atoms with Crippen molar-refractivity contribution in [3.63, 3.8) is 0 Å². The summed E-state index contributed by atoms with van der Waals surface area (Å²) in [6.45, 7) is 2.45. The third kappa shape index (κ3) is 2.17. The minimum absolute atomic E-state index is 0.236. The average molecular weight is 235 g/mol. The number of carbonyl (C=O) groups excluding carboxylic acids is 1. The van der Waals surface area contributed by atoms with E-state index in [1.54, 1.807) is 0 Å². The number of aromatic nitrogens is 1. The molecule has 16 heavy (non-hydrogen) atoms. The summed E-state index contributed by atoms with van der Waals surface area (Å²) in [7, 11) is 0. The highest BCUT2D eigenvalue weighted by atomic mass is 32.1. The maximum atomic E-state index is 11.8. The fourth-order valence-electron chi connectivity index (χ4n) is 1.41. The first kappa shape index (κ1) is 11.0. The van der Waals surface area contributed by atoms with Crippen molar-refractivity contribution in [3.05, 3.63) is 40.8 Å². The number of carbonyl (C=O) groups is 1. The summed E-state index contributed by atoms with van der Waals surface area (Å²) in [5.41, 5.74) is 0.885. The van der Waals surface area contributed by atoms with Crippen molar-refractivity contribution in [3.8, 4) is 5.69 Å². The van der Waals surface area contributed by atoms with E-state index in [1.807, 2.05) is 47.5 Å². The van der Waals surface area contributed by atoms with Gasteiger partial charge >= 0.3 is 5.97 Å². The van der Waals surface area contributed by atoms with Crippen LogP contribution in [0.4, 0.5) is 0 Å². The van der Waals surface area contributed by atoms with E-state index >= 15 is 0 Å². The molecule has 4 heteroatoms. The molecule has 0 saturated heterocycles. The number of nitrogens with zero attached hydrogens (tertiary/aromatic N) is 1. The molecule has 2 rings (SSSR count). The van der Waals surface area contributed by atoms with Crippen molar-refractivity contribution in [2.24, 2.45) is 0 Å². The maximum absolute atomic E-state index is 11.8. The van der Waals surface area contributed by atoms with E-state index in [2.05, 4.69) is 0 Å². The van der Waals surface area contributed by atoms with Gasteiger partial charge in [0, 0.05) is 12.4 Å². The molecule has 0 bridgehead atoms. The average Bonchev–Trinajstić information content (AvgIpc) is 2.94. The van der Waals surface area contributed by atoms with Crippen LogP contribution in [0.2, 0.25) is 0 Å². The fourth-order valence-corrected chi connectivity index (χ4v) is 2.20. The van der Waals surface area contributed by atoms with Gasteiger partial charge in [-0.05, 0) is 30.0 Å². The van der Waals surface area contributed by atoms with E-state index in [4.69, 9.17) is 4.74 Å². The molecule has 0 radical (unpaired) electrons. The number of hydrogen-bond acceptors (Lipinski definition) is 3. The fraction of sp³-hybridized carbons (Fsp3) is 0.250. The van der Waals surface area contributed by atoms with Crippen LogP contribution in [0.25, 0.3) is 5.69 Å². The first-order valence-electron chi connectivity index (χ1n) is 5.21. The highest BCUT2D eigenvalue weighted by Crippen LogP contribution is 2.22. The molecule has 0 saturated carbocycles. The minimum Gasteiger partial charge on any atom is -0.461 e. The Morgan fingerprint density at radius 2 is 2.19 bits per heavy atom. The molecule has 0 fully saturated rings. The molecule has 0 N–H and O–H groups in total. The van der Waals surface area contributed by atoms with Crippen molar-refractivity contribution in [1.29, 1.82) is 0 Å². The summed E-state index contributed by atoms with van der Waals surface area (Å²) in [4.78, 5) is 12.4. The lowest BCUT2D eigenvalue weighted by Gasteiger charge is -2.05. The predicted molar refractivity (Wildman–Crippen MR) is 64.2 cm³/mol. The standard InChI is InChI=1S/C12H13NO2S/c1-2-8-15-12(14)11-10(5-9-16-11)13-6-3-4-7-13/h3-7,9H,2,8H2,1H3. The molecule has 2 heterocycles. The topological polar surface area (TPSA) is 31.2 Å². The molecule has 0 unspecified atom stereocenters. The molecule has 3 nitrogen and oxygen atoms in total. The van der Waals surface area contributed by atoms with E-state index in [0.717, 1.165) is 12.1 Å². The Hall–Kier alpha value is -1.55. The Bertz CT molecular complexity index is 459. The zero-order chi connectivity index (χ0) is 11.4. The number of ether oxygens (including phenoxy) is 1. The van der Waals surface area contributed by atoms with Crippen molar-refractivity contribution < 1.29 is 9.53 Å². The number of esters is 1. The molecule has 0 atom stereocenters. The van der Waals surface area contributed by atoms with Crippen LogP contribution in [0.1, 0.15) is 23.0 Å². The number of rotatable bonds is 4. The first-order chi connectivity index (χ1) is 7.83. The van der Waals surface area contributed by atoms with Crippen molar-refractivity contribution in [1.82, 2.24) is 4.57 Å². The maximum Gasteiger partial charge on any atom is 0.350 e. The van der Waals surface area contributed by atoms with Crippen molar-refractivity contribution in [2.75, 3.05) is 6.61 Å². The lowest BCUT2D eigenvalue weighted by atomic mass is 10.4. The van der Waals surface area contributed by atoms with E-state index in [-0.39, 0.29) is 5.97 Å². The Morgan fingerprint density at radius 3 is 2.88 bits per heavy atom. The summed E-state index contributed by atoms with van der Waals surface area (Å²) < 4.78 is 7.05. The van der Waals surface area contributed by atoms with Crippen LogP contribution >= 0.6 is 11.3 Å². The SMILES string of the molecule is CCCOC(=O)c1sccc1-n1cccc1. The number of thiophene rings is 1. The van der Waals surface area contributed by atoms with Gasteiger partial charge in [0.1, 0.15) is 4.88 Å². The summed E-state index contributed by atoms with van der Waals surface area (Å²) in [5, 5.41) is 1.90. The third-order valence-corrected chi connectivity index (χ3v) is 3.03. The minimum atomic E-state index is -0.236. The summed E-state index contributed by atoms with van der Waals surface area (Å²) in [5.74, 6) is -0.236. The van der Waals surface area contributed by atoms with E-state index in [1.165, 1.54) is 11.3 Å². The summed E-state index contributed by atoms with van der Waals surface area (Å²) in [6.07, 6.45) is 4.67. The predicted octanol–water partition coefficient (Wildman–Crippen LogP) is 3.11. The molecule has 2 aromatic rings. The zero-order valence-corrected chi connectivity index (χ0v) is 9.87. The molecule has 0 spiro atoms. The Kier molecular flexibility index (Phi) is 3.41. The molecule has 0 aromatic carbocycles. The van der Waals surface area contributed by atoms with Gasteiger partial charge in [0.15, 0.2) is 0 Å². The van der Waals surface area contributed by atoms with Crippen molar-refractivity contribution in [2.45, 2.75) is 13.3 Å². The largest absolute Gasteiger partial charge is 0.461 e. The van der Waals surface area contributed by atoms with Crippen LogP contribution < -0.4 is 0 Å². The Morgan fingerprint density at radius 1 is 1.44 bits per heavy atom. The van der Waals surface area contributed by atoms with E-state index in [9.17, 15) is 4.79 Å². The monoisotopic (exact) mass is 235 g/mol. The first-order valence-corrected chi connectivity index (χ1v) is 6.09. The van der Waals surface area contributed by atoms with Gasteiger partial charge in [0.2, 0.25) is 0 Å². The van der Waals surface area contributed by atoms with E-state index in [0.29, 0.717) is 11.5 Å². The van der Waals surface area contributed by atoms with Gasteiger partial charge in [-0.15, -0.1) is 11.3 Å². The van der Waals surface area contributed by atoms with Gasteiger partial charge in [-0.2, -0.15) is 0 Å². The molecular weight excluding hydrogens is 222 g/mol. The van der Waals surface area contributed by atoms with Crippen molar-refractivity contribution >= 4 is 17.3 Å². The molecule has 0 aliphatic carbocycles. The molecular formula is C12H13NO2S. The summed E-state index contributed by atoms with van der Waals surface area (Å²) >= 11 is 1.41. The second kappa shape index (κ2) is 4.99. The van der Waals surface area contributed by atoms with Gasteiger partial charge in [-0.1, -0.05) is 6.92 Å². The van der Waals surface area contributed by atoms with Crippen LogP contribution in [-0.4, -0.2) is 17.1 Å². The Labute approximate surface area is 98.3 Å². The highest BCUT2D eigenvalue weighted by molar-refractivity contribution is 7.12. The Balaban J connectivity index is 2.23. The highest BCUT2D eigenvalue weighted by Gasteiger charge is 2.15. The van der Waals surface area contributed by atoms with Gasteiger partial charge in [0.05, 0.1) is 12.3 Å². The van der Waals surface area contributed by atoms with Crippen LogP contribution in [0, 0.1) is 0 Å². The summed E-state index contributed by atoms with van der Waals surface area (Å²) in [6, 6.07) is 5.78. The lowest BCUT2D eigenvalue weighted by Crippen LogP contribution is -2.06. The van der Waals surface area contributed by atoms with Gasteiger partial charge in [-0.25, -0.2) is 4.79 Å². The second-order valence-corrected chi connectivity index (χ2v) is 4.28. The molecule has 2 aromatic heterocycles. The normalized spacial score (nSPS) is 10.3. The second-order valence-electron chi connectivity index (χ2n) is 3.36. The van der Waals surface area contributed by atoms with Crippen LogP contribution in [0.5, 0.6) is 0 Å².